The summed E-state index contributed by atoms with van der Waals surface area (Å²) in [4.78, 5) is 38.9. The van der Waals surface area contributed by atoms with E-state index in [4.69, 9.17) is 9.72 Å². The summed E-state index contributed by atoms with van der Waals surface area (Å²) in [5.74, 6) is 1.21. The molecule has 1 aliphatic carbocycles. The van der Waals surface area contributed by atoms with Crippen LogP contribution in [0.5, 0.6) is 5.75 Å². The molecule has 39 heavy (non-hydrogen) atoms. The standard InChI is InChI=1S/C27H37FN8O3/c1-33-13-10-19(11-14-33)30-25(37)18-8-9-21(23(16-18)39-3)31-26-29-17-22-24(32-26)36(20-6-4-5-7-20)35(15-12-28)27(38)34(22)2/h8-9,16-17,19-20H,4-7,10-15H2,1-3H3,(H,30,37)(H,29,31,32). The van der Waals surface area contributed by atoms with Gasteiger partial charge in [-0.05, 0) is 64.0 Å². The van der Waals surface area contributed by atoms with Crippen LogP contribution in [0.4, 0.5) is 32.3 Å². The van der Waals surface area contributed by atoms with E-state index in [0.29, 0.717) is 34.5 Å². The van der Waals surface area contributed by atoms with Gasteiger partial charge in [0.2, 0.25) is 5.95 Å². The van der Waals surface area contributed by atoms with Gasteiger partial charge in [0.1, 0.15) is 18.1 Å². The first-order valence-electron chi connectivity index (χ1n) is 13.6. The summed E-state index contributed by atoms with van der Waals surface area (Å²) >= 11 is 0. The van der Waals surface area contributed by atoms with Crippen molar-refractivity contribution in [3.05, 3.63) is 30.0 Å². The zero-order valence-corrected chi connectivity index (χ0v) is 22.8. The molecule has 3 aliphatic rings. The van der Waals surface area contributed by atoms with E-state index in [1.165, 1.54) is 9.91 Å². The van der Waals surface area contributed by atoms with E-state index in [2.05, 4.69) is 27.6 Å². The Balaban J connectivity index is 1.38. The van der Waals surface area contributed by atoms with Crippen LogP contribution in [0.1, 0.15) is 48.9 Å². The number of nitrogens with zero attached hydrogens (tertiary/aromatic N) is 6. The predicted molar refractivity (Wildman–Crippen MR) is 148 cm³/mol. The summed E-state index contributed by atoms with van der Waals surface area (Å²) < 4.78 is 19.1. The average Bonchev–Trinajstić information content (AvgIpc) is 3.48. The molecule has 1 aromatic heterocycles. The third-order valence-corrected chi connectivity index (χ3v) is 7.83. The van der Waals surface area contributed by atoms with Crippen LogP contribution in [0, 0.1) is 0 Å². The summed E-state index contributed by atoms with van der Waals surface area (Å²) in [6, 6.07) is 5.13. The number of benzene rings is 1. The first kappa shape index (κ1) is 26.9. The normalized spacial score (nSPS) is 18.9. The second-order valence-corrected chi connectivity index (χ2v) is 10.4. The van der Waals surface area contributed by atoms with Crippen LogP contribution in [-0.2, 0) is 0 Å². The van der Waals surface area contributed by atoms with Crippen molar-refractivity contribution in [2.24, 2.45) is 0 Å². The van der Waals surface area contributed by atoms with Crippen LogP contribution in [0.3, 0.4) is 0 Å². The number of urea groups is 1. The topological polar surface area (TPSA) is 106 Å². The zero-order chi connectivity index (χ0) is 27.5. The van der Waals surface area contributed by atoms with E-state index >= 15 is 0 Å². The summed E-state index contributed by atoms with van der Waals surface area (Å²) in [5, 5.41) is 9.64. The number of methoxy groups -OCH3 is 1. The number of hydrogen-bond acceptors (Lipinski definition) is 8. The molecule has 5 rings (SSSR count). The number of halogens is 1. The summed E-state index contributed by atoms with van der Waals surface area (Å²) in [7, 11) is 5.28. The number of likely N-dealkylation sites (tertiary alicyclic amines) is 1. The molecule has 2 N–H and O–H groups in total. The summed E-state index contributed by atoms with van der Waals surface area (Å²) in [6.45, 7) is 1.24. The molecule has 0 unspecified atom stereocenters. The molecule has 3 heterocycles. The molecule has 0 bridgehead atoms. The lowest BCUT2D eigenvalue weighted by Crippen LogP contribution is -2.59. The molecule has 2 fully saturated rings. The zero-order valence-electron chi connectivity index (χ0n) is 22.8. The van der Waals surface area contributed by atoms with Crippen molar-refractivity contribution >= 4 is 35.1 Å². The van der Waals surface area contributed by atoms with Gasteiger partial charge in [0, 0.05) is 18.7 Å². The Hall–Kier alpha value is -3.67. The van der Waals surface area contributed by atoms with E-state index in [1.54, 1.807) is 38.6 Å². The number of fused-ring (bicyclic) bond motifs is 1. The SMILES string of the molecule is COc1cc(C(=O)NC2CCN(C)CC2)ccc1Nc1ncc2c(n1)N(C1CCCC1)N(CCF)C(=O)N2C. The maximum absolute atomic E-state index is 13.5. The molecule has 210 valence electrons. The fourth-order valence-corrected chi connectivity index (χ4v) is 5.59. The first-order chi connectivity index (χ1) is 18.9. The van der Waals surface area contributed by atoms with Gasteiger partial charge >= 0.3 is 6.03 Å². The smallest absolute Gasteiger partial charge is 0.343 e. The quantitative estimate of drug-likeness (QED) is 0.524. The Morgan fingerprint density at radius 2 is 1.90 bits per heavy atom. The Morgan fingerprint density at radius 3 is 2.59 bits per heavy atom. The van der Waals surface area contributed by atoms with Crippen LogP contribution >= 0.6 is 0 Å². The number of carbonyl (C=O) groups excluding carboxylic acids is 2. The molecule has 12 heteroatoms. The van der Waals surface area contributed by atoms with Crippen molar-refractivity contribution in [3.63, 3.8) is 0 Å². The van der Waals surface area contributed by atoms with Crippen LogP contribution in [0.25, 0.3) is 0 Å². The Bertz CT molecular complexity index is 1200. The van der Waals surface area contributed by atoms with E-state index < -0.39 is 6.67 Å². The number of hydrogen-bond donors (Lipinski definition) is 2. The number of aromatic nitrogens is 2. The molecule has 2 aromatic rings. The van der Waals surface area contributed by atoms with Crippen molar-refractivity contribution in [2.45, 2.75) is 50.6 Å². The second kappa shape index (κ2) is 11.6. The van der Waals surface area contributed by atoms with Crippen LogP contribution in [-0.4, -0.2) is 91.4 Å². The second-order valence-electron chi connectivity index (χ2n) is 10.4. The number of amides is 3. The van der Waals surface area contributed by atoms with Gasteiger partial charge in [0.05, 0.1) is 31.6 Å². The number of carbonyl (C=O) groups is 2. The Labute approximate surface area is 228 Å². The highest BCUT2D eigenvalue weighted by atomic mass is 19.1. The number of anilines is 4. The van der Waals surface area contributed by atoms with E-state index in [1.807, 2.05) is 5.01 Å². The molecule has 1 saturated carbocycles. The fourth-order valence-electron chi connectivity index (χ4n) is 5.59. The molecule has 0 spiro atoms. The molecule has 0 atom stereocenters. The number of ether oxygens (including phenoxy) is 1. The monoisotopic (exact) mass is 540 g/mol. The van der Waals surface area contributed by atoms with Gasteiger partial charge in [0.15, 0.2) is 5.82 Å². The third-order valence-electron chi connectivity index (χ3n) is 7.83. The van der Waals surface area contributed by atoms with E-state index in [0.717, 1.165) is 51.6 Å². The van der Waals surface area contributed by atoms with Gasteiger partial charge in [-0.1, -0.05) is 12.8 Å². The molecule has 0 radical (unpaired) electrons. The molecule has 2 aliphatic heterocycles. The lowest BCUT2D eigenvalue weighted by Gasteiger charge is -2.45. The summed E-state index contributed by atoms with van der Waals surface area (Å²) in [5.41, 5.74) is 1.68. The first-order valence-corrected chi connectivity index (χ1v) is 13.6. The highest BCUT2D eigenvalue weighted by Crippen LogP contribution is 2.39. The highest BCUT2D eigenvalue weighted by Gasteiger charge is 2.40. The third kappa shape index (κ3) is 5.56. The van der Waals surface area contributed by atoms with E-state index in [-0.39, 0.29) is 30.6 Å². The Morgan fingerprint density at radius 1 is 1.15 bits per heavy atom. The minimum Gasteiger partial charge on any atom is -0.495 e. The number of nitrogens with one attached hydrogen (secondary N) is 2. The van der Waals surface area contributed by atoms with Crippen molar-refractivity contribution in [2.75, 3.05) is 62.7 Å². The van der Waals surface area contributed by atoms with Gasteiger partial charge in [0.25, 0.3) is 5.91 Å². The minimum atomic E-state index is -0.650. The lowest BCUT2D eigenvalue weighted by atomic mass is 10.0. The van der Waals surface area contributed by atoms with Crippen molar-refractivity contribution < 1.29 is 18.7 Å². The maximum atomic E-state index is 13.5. The number of alkyl halides is 1. The van der Waals surface area contributed by atoms with Gasteiger partial charge in [-0.15, -0.1) is 0 Å². The number of hydrazine groups is 1. The van der Waals surface area contributed by atoms with Gasteiger partial charge in [-0.2, -0.15) is 4.98 Å². The molecule has 11 nitrogen and oxygen atoms in total. The van der Waals surface area contributed by atoms with Crippen LogP contribution in [0.15, 0.2) is 24.4 Å². The summed E-state index contributed by atoms with van der Waals surface area (Å²) in [6.07, 6.45) is 7.37. The van der Waals surface area contributed by atoms with Crippen LogP contribution in [0.2, 0.25) is 0 Å². The highest BCUT2D eigenvalue weighted by molar-refractivity contribution is 5.99. The maximum Gasteiger partial charge on any atom is 0.343 e. The van der Waals surface area contributed by atoms with Crippen molar-refractivity contribution in [1.29, 1.82) is 0 Å². The van der Waals surface area contributed by atoms with Crippen molar-refractivity contribution in [1.82, 2.24) is 25.2 Å². The average molecular weight is 541 g/mol. The van der Waals surface area contributed by atoms with Crippen molar-refractivity contribution in [3.8, 4) is 5.75 Å². The van der Waals surface area contributed by atoms with Crippen LogP contribution < -0.4 is 25.3 Å². The molecule has 3 amide bonds. The van der Waals surface area contributed by atoms with Gasteiger partial charge in [-0.25, -0.2) is 19.2 Å². The van der Waals surface area contributed by atoms with Gasteiger partial charge in [-0.3, -0.25) is 14.7 Å². The molecular weight excluding hydrogens is 503 g/mol. The number of piperidine rings is 1. The largest absolute Gasteiger partial charge is 0.495 e. The molecular formula is C27H37FN8O3. The minimum absolute atomic E-state index is 0.0409. The Kier molecular flexibility index (Phi) is 8.01. The van der Waals surface area contributed by atoms with Gasteiger partial charge < -0.3 is 20.3 Å². The molecule has 1 aromatic carbocycles. The van der Waals surface area contributed by atoms with E-state index in [9.17, 15) is 14.0 Å². The lowest BCUT2D eigenvalue weighted by molar-refractivity contribution is 0.0916. The number of rotatable bonds is 8. The molecule has 1 saturated heterocycles. The fraction of sp³-hybridized carbons (Fsp3) is 0.556. The predicted octanol–water partition coefficient (Wildman–Crippen LogP) is 3.56.